The Morgan fingerprint density at radius 2 is 1.63 bits per heavy atom. The second kappa shape index (κ2) is 11.2. The minimum atomic E-state index is 0. The maximum absolute atomic E-state index is 6.16. The van der Waals surface area contributed by atoms with E-state index in [1.807, 2.05) is 84.0 Å². The Hall–Kier alpha value is -3.89. The van der Waals surface area contributed by atoms with Crippen molar-refractivity contribution in [1.29, 1.82) is 0 Å². The number of nitrogens with zero attached hydrogens (tertiary/aromatic N) is 5. The average Bonchev–Trinajstić information content (AvgIpc) is 3.53. The van der Waals surface area contributed by atoms with E-state index in [0.717, 1.165) is 40.6 Å². The Kier molecular flexibility index (Phi) is 7.61. The molecule has 38 heavy (non-hydrogen) atoms. The Morgan fingerprint density at radius 1 is 0.895 bits per heavy atom. The fourth-order valence-corrected chi connectivity index (χ4v) is 4.50. The van der Waals surface area contributed by atoms with Crippen LogP contribution in [0.2, 0.25) is 0 Å². The summed E-state index contributed by atoms with van der Waals surface area (Å²) in [6.45, 7) is 6.03. The maximum Gasteiger partial charge on any atom is 0.0952 e. The van der Waals surface area contributed by atoms with Gasteiger partial charge in [0.2, 0.25) is 0 Å². The number of aryl methyl sites for hydroxylation is 1. The van der Waals surface area contributed by atoms with Crippen molar-refractivity contribution in [2.24, 2.45) is 5.10 Å². The summed E-state index contributed by atoms with van der Waals surface area (Å²) < 4.78 is 8.03. The van der Waals surface area contributed by atoms with Crippen molar-refractivity contribution in [2.45, 2.75) is 26.2 Å². The van der Waals surface area contributed by atoms with Crippen LogP contribution in [0.3, 0.4) is 0 Å². The van der Waals surface area contributed by atoms with Crippen molar-refractivity contribution < 1.29 is 25.8 Å². The standard InChI is InChI=1S/C31H26N5O.Pt/c1-23-21-35(33-31(23)25-11-5-3-6-12-25)27-15-9-17-29(19-27)37-30-18-10-16-28(20-30)36-22-34(24(2)32-36)26-13-7-4-8-14-26;/h3-11,13-18,21-22,25H,12H2,1-2H3;/q-3;/t25-;/m1./s1. The molecule has 1 atom stereocenters. The number of benzene rings is 3. The van der Waals surface area contributed by atoms with Gasteiger partial charge in [0.1, 0.15) is 0 Å². The number of para-hydroxylation sites is 1. The number of anilines is 2. The fraction of sp³-hybridized carbons (Fsp3) is 0.129. The molecule has 7 heteroatoms. The zero-order chi connectivity index (χ0) is 25.2. The number of aromatic nitrogens is 2. The SMILES string of the molecule is CC1=NN(c2[c-]c(Oc3[c-]c(-n4cc(C)c([C@@H]5C=CC=CC5)n4)ccc3)ccc2)[CH-]N1c1ccccc1.[Pt]. The van der Waals surface area contributed by atoms with Gasteiger partial charge in [0.15, 0.2) is 0 Å². The van der Waals surface area contributed by atoms with Crippen LogP contribution in [0.15, 0.2) is 102 Å². The second-order valence-corrected chi connectivity index (χ2v) is 9.01. The summed E-state index contributed by atoms with van der Waals surface area (Å²) in [5, 5.41) is 11.3. The first-order valence-electron chi connectivity index (χ1n) is 12.3. The summed E-state index contributed by atoms with van der Waals surface area (Å²) in [6, 6.07) is 28.4. The molecule has 0 amide bonds. The predicted octanol–water partition coefficient (Wildman–Crippen LogP) is 6.95. The minimum Gasteiger partial charge on any atom is -0.509 e. The van der Waals surface area contributed by atoms with Gasteiger partial charge < -0.3 is 14.6 Å². The van der Waals surface area contributed by atoms with Crippen LogP contribution in [0.1, 0.15) is 30.5 Å². The van der Waals surface area contributed by atoms with Gasteiger partial charge in [-0.2, -0.15) is 22.3 Å². The van der Waals surface area contributed by atoms with Crippen LogP contribution in [0.4, 0.5) is 11.4 Å². The van der Waals surface area contributed by atoms with Crippen molar-refractivity contribution in [2.75, 3.05) is 9.91 Å². The summed E-state index contributed by atoms with van der Waals surface area (Å²) in [4.78, 5) is 2.04. The topological polar surface area (TPSA) is 45.9 Å². The Labute approximate surface area is 237 Å². The van der Waals surface area contributed by atoms with Crippen LogP contribution in [0.5, 0.6) is 11.5 Å². The van der Waals surface area contributed by atoms with E-state index >= 15 is 0 Å². The smallest absolute Gasteiger partial charge is 0.0952 e. The van der Waals surface area contributed by atoms with Gasteiger partial charge in [0.25, 0.3) is 0 Å². The second-order valence-electron chi connectivity index (χ2n) is 9.01. The molecule has 0 N–H and O–H groups in total. The molecule has 1 aliphatic heterocycles. The first-order valence-corrected chi connectivity index (χ1v) is 12.3. The molecule has 0 spiro atoms. The third-order valence-corrected chi connectivity index (χ3v) is 6.35. The molecular formula is C31H26N5OPt-3. The monoisotopic (exact) mass is 679 g/mol. The fourth-order valence-electron chi connectivity index (χ4n) is 4.50. The molecule has 1 aliphatic carbocycles. The van der Waals surface area contributed by atoms with Crippen molar-refractivity contribution in [3.63, 3.8) is 0 Å². The summed E-state index contributed by atoms with van der Waals surface area (Å²) in [5.74, 6) is 2.36. The van der Waals surface area contributed by atoms with Gasteiger partial charge in [-0.3, -0.25) is 4.68 Å². The van der Waals surface area contributed by atoms with E-state index in [4.69, 9.17) is 9.84 Å². The molecule has 0 saturated carbocycles. The Morgan fingerprint density at radius 3 is 2.37 bits per heavy atom. The molecule has 1 aromatic heterocycles. The number of hydrazone groups is 1. The quantitative estimate of drug-likeness (QED) is 0.207. The first-order chi connectivity index (χ1) is 18.1. The van der Waals surface area contributed by atoms with Crippen molar-refractivity contribution >= 4 is 17.2 Å². The largest absolute Gasteiger partial charge is 0.509 e. The van der Waals surface area contributed by atoms with Crippen LogP contribution < -0.4 is 14.6 Å². The zero-order valence-corrected chi connectivity index (χ0v) is 23.3. The summed E-state index contributed by atoms with van der Waals surface area (Å²) in [6.07, 6.45) is 11.6. The molecule has 0 unspecified atom stereocenters. The summed E-state index contributed by atoms with van der Waals surface area (Å²) in [5.41, 5.74) is 4.91. The minimum absolute atomic E-state index is 0. The molecular weight excluding hydrogens is 653 g/mol. The van der Waals surface area contributed by atoms with E-state index in [1.165, 1.54) is 0 Å². The molecule has 0 fully saturated rings. The van der Waals surface area contributed by atoms with Gasteiger partial charge >= 0.3 is 0 Å². The number of hydrogen-bond acceptors (Lipinski definition) is 5. The number of ether oxygens (including phenoxy) is 1. The van der Waals surface area contributed by atoms with Gasteiger partial charge in [-0.25, -0.2) is 0 Å². The van der Waals surface area contributed by atoms with Gasteiger partial charge in [-0.1, -0.05) is 48.2 Å². The van der Waals surface area contributed by atoms with Gasteiger partial charge in [0.05, 0.1) is 11.5 Å². The molecule has 0 radical (unpaired) electrons. The van der Waals surface area contributed by atoms with Crippen LogP contribution >= 0.6 is 0 Å². The molecule has 6 nitrogen and oxygen atoms in total. The molecule has 4 aromatic rings. The van der Waals surface area contributed by atoms with Crippen molar-refractivity contribution in [3.05, 3.63) is 127 Å². The normalized spacial score (nSPS) is 16.4. The number of amidine groups is 1. The number of allylic oxidation sites excluding steroid dienone is 4. The van der Waals surface area contributed by atoms with E-state index < -0.39 is 0 Å². The number of rotatable bonds is 6. The molecule has 6 rings (SSSR count). The van der Waals surface area contributed by atoms with Gasteiger partial charge in [-0.05, 0) is 43.7 Å². The van der Waals surface area contributed by atoms with Crippen LogP contribution in [-0.2, 0) is 21.1 Å². The summed E-state index contributed by atoms with van der Waals surface area (Å²) >= 11 is 0. The van der Waals surface area contributed by atoms with E-state index in [-0.39, 0.29) is 21.1 Å². The predicted molar refractivity (Wildman–Crippen MR) is 147 cm³/mol. The number of hydrogen-bond donors (Lipinski definition) is 0. The van der Waals surface area contributed by atoms with E-state index in [0.29, 0.717) is 17.4 Å². The van der Waals surface area contributed by atoms with Gasteiger partial charge in [-0.15, -0.1) is 43.1 Å². The Balaban J connectivity index is 0.00000294. The third-order valence-electron chi connectivity index (χ3n) is 6.35. The molecule has 2 aliphatic rings. The van der Waals surface area contributed by atoms with Crippen molar-refractivity contribution in [1.82, 2.24) is 9.78 Å². The van der Waals surface area contributed by atoms with E-state index in [1.54, 1.807) is 5.01 Å². The maximum atomic E-state index is 6.16. The Bertz CT molecular complexity index is 1510. The third kappa shape index (κ3) is 5.36. The van der Waals surface area contributed by atoms with Crippen LogP contribution in [-0.4, -0.2) is 15.6 Å². The van der Waals surface area contributed by atoms with Crippen LogP contribution in [0, 0.1) is 25.7 Å². The van der Waals surface area contributed by atoms with Crippen LogP contribution in [0.25, 0.3) is 5.69 Å². The van der Waals surface area contributed by atoms with E-state index in [9.17, 15) is 0 Å². The average molecular weight is 680 g/mol. The summed E-state index contributed by atoms with van der Waals surface area (Å²) in [7, 11) is 0. The van der Waals surface area contributed by atoms with Crippen molar-refractivity contribution in [3.8, 4) is 17.2 Å². The van der Waals surface area contributed by atoms with Gasteiger partial charge in [0, 0.05) is 50.4 Å². The molecule has 3 aromatic carbocycles. The molecule has 0 saturated heterocycles. The van der Waals surface area contributed by atoms with E-state index in [2.05, 4.69) is 60.6 Å². The molecule has 2 heterocycles. The zero-order valence-electron chi connectivity index (χ0n) is 21.1. The molecule has 194 valence electrons. The first kappa shape index (κ1) is 25.7. The molecule has 0 bridgehead atoms.